The zero-order chi connectivity index (χ0) is 9.26. The quantitative estimate of drug-likeness (QED) is 0.679. The van der Waals surface area contributed by atoms with Crippen molar-refractivity contribution in [3.05, 3.63) is 23.5 Å². The van der Waals surface area contributed by atoms with Crippen LogP contribution in [0.1, 0.15) is 0 Å². The third kappa shape index (κ3) is 1.50. The van der Waals surface area contributed by atoms with E-state index in [0.29, 0.717) is 10.8 Å². The van der Waals surface area contributed by atoms with Crippen molar-refractivity contribution < 1.29 is 0 Å². The van der Waals surface area contributed by atoms with Gasteiger partial charge in [0.15, 0.2) is 5.15 Å². The molecular weight excluding hydrogens is 190 g/mol. The van der Waals surface area contributed by atoms with Gasteiger partial charge >= 0.3 is 0 Å². The molecule has 0 saturated heterocycles. The minimum absolute atomic E-state index is 0.374. The smallest absolute Gasteiger partial charge is 0.151 e. The first-order valence-corrected chi connectivity index (χ1v) is 3.99. The van der Waals surface area contributed by atoms with Gasteiger partial charge in [0, 0.05) is 7.05 Å². The maximum absolute atomic E-state index is 5.60. The Morgan fingerprint density at radius 2 is 2.15 bits per heavy atom. The Balaban J connectivity index is 2.47. The molecule has 0 spiro atoms. The van der Waals surface area contributed by atoms with Crippen LogP contribution in [0.4, 0.5) is 0 Å². The number of hydrogen-bond donors (Lipinski definition) is 0. The summed E-state index contributed by atoms with van der Waals surface area (Å²) >= 11 is 5.60. The van der Waals surface area contributed by atoms with Crippen LogP contribution in [-0.4, -0.2) is 25.2 Å². The molecule has 0 radical (unpaired) electrons. The highest BCUT2D eigenvalue weighted by Gasteiger charge is 2.04. The van der Waals surface area contributed by atoms with Crippen LogP contribution in [0, 0.1) is 0 Å². The van der Waals surface area contributed by atoms with Crippen LogP contribution in [0.15, 0.2) is 18.3 Å². The van der Waals surface area contributed by atoms with Gasteiger partial charge in [-0.05, 0) is 12.1 Å². The summed E-state index contributed by atoms with van der Waals surface area (Å²) in [6.07, 6.45) is 1.62. The summed E-state index contributed by atoms with van der Waals surface area (Å²) in [7, 11) is 1.79. The number of nitrogens with zero attached hydrogens (tertiary/aromatic N) is 5. The molecule has 0 N–H and O–H groups in total. The summed E-state index contributed by atoms with van der Waals surface area (Å²) in [4.78, 5) is 0. The van der Waals surface area contributed by atoms with Gasteiger partial charge in [0.25, 0.3) is 0 Å². The van der Waals surface area contributed by atoms with Crippen LogP contribution in [-0.2, 0) is 7.05 Å². The Bertz CT molecular complexity index is 407. The van der Waals surface area contributed by atoms with Crippen molar-refractivity contribution in [2.75, 3.05) is 0 Å². The molecular formula is C7H6ClN5. The average molecular weight is 196 g/mol. The molecule has 0 saturated carbocycles. The molecule has 0 aliphatic carbocycles. The fourth-order valence-corrected chi connectivity index (χ4v) is 1.08. The molecule has 0 bridgehead atoms. The Morgan fingerprint density at radius 1 is 1.31 bits per heavy atom. The van der Waals surface area contributed by atoms with E-state index >= 15 is 0 Å². The molecule has 0 amide bonds. The van der Waals surface area contributed by atoms with Gasteiger partial charge in [-0.25, -0.2) is 4.68 Å². The predicted octanol–water partition coefficient (Wildman–Crippen LogP) is 0.925. The first-order chi connectivity index (χ1) is 6.27. The van der Waals surface area contributed by atoms with E-state index in [1.54, 1.807) is 30.1 Å². The standard InChI is InChI=1S/C7H6ClN5/c1-13-6(4-9-12-13)5-2-3-7(8)11-10-5/h2-4H,1H3. The second-order valence-corrected chi connectivity index (χ2v) is 2.87. The molecule has 66 valence electrons. The molecule has 5 nitrogen and oxygen atoms in total. The molecule has 0 fully saturated rings. The molecule has 0 aromatic carbocycles. The van der Waals surface area contributed by atoms with Gasteiger partial charge in [-0.15, -0.1) is 15.3 Å². The fraction of sp³-hybridized carbons (Fsp3) is 0.143. The molecule has 2 rings (SSSR count). The number of rotatable bonds is 1. The zero-order valence-electron chi connectivity index (χ0n) is 6.85. The van der Waals surface area contributed by atoms with Crippen LogP contribution in [0.25, 0.3) is 11.4 Å². The third-order valence-electron chi connectivity index (χ3n) is 1.61. The molecule has 13 heavy (non-hydrogen) atoms. The lowest BCUT2D eigenvalue weighted by Crippen LogP contribution is -1.96. The summed E-state index contributed by atoms with van der Waals surface area (Å²) in [6, 6.07) is 3.45. The van der Waals surface area contributed by atoms with Crippen LogP contribution >= 0.6 is 11.6 Å². The van der Waals surface area contributed by atoms with Crippen molar-refractivity contribution in [1.29, 1.82) is 0 Å². The number of hydrogen-bond acceptors (Lipinski definition) is 4. The van der Waals surface area contributed by atoms with Crippen LogP contribution in [0.5, 0.6) is 0 Å². The Kier molecular flexibility index (Phi) is 1.94. The van der Waals surface area contributed by atoms with E-state index in [2.05, 4.69) is 20.5 Å². The molecule has 2 aromatic heterocycles. The summed E-state index contributed by atoms with van der Waals surface area (Å²) in [5.74, 6) is 0. The van der Waals surface area contributed by atoms with Gasteiger partial charge in [-0.1, -0.05) is 16.8 Å². The zero-order valence-corrected chi connectivity index (χ0v) is 7.60. The molecule has 0 unspecified atom stereocenters. The van der Waals surface area contributed by atoms with Crippen molar-refractivity contribution in [1.82, 2.24) is 25.2 Å². The second-order valence-electron chi connectivity index (χ2n) is 2.48. The highest BCUT2D eigenvalue weighted by atomic mass is 35.5. The fourth-order valence-electron chi connectivity index (χ4n) is 0.974. The van der Waals surface area contributed by atoms with Crippen LogP contribution < -0.4 is 0 Å². The molecule has 2 heterocycles. The second kappa shape index (κ2) is 3.10. The van der Waals surface area contributed by atoms with E-state index in [1.807, 2.05) is 0 Å². The number of aryl methyl sites for hydroxylation is 1. The SMILES string of the molecule is Cn1nncc1-c1ccc(Cl)nn1. The van der Waals surface area contributed by atoms with Crippen molar-refractivity contribution in [2.24, 2.45) is 7.05 Å². The van der Waals surface area contributed by atoms with E-state index in [9.17, 15) is 0 Å². The van der Waals surface area contributed by atoms with E-state index in [1.165, 1.54) is 0 Å². The van der Waals surface area contributed by atoms with E-state index in [-0.39, 0.29) is 0 Å². The Morgan fingerprint density at radius 3 is 2.69 bits per heavy atom. The first kappa shape index (κ1) is 8.12. The molecule has 0 aliphatic heterocycles. The summed E-state index contributed by atoms with van der Waals surface area (Å²) in [5.41, 5.74) is 1.51. The van der Waals surface area contributed by atoms with Crippen molar-refractivity contribution in [3.63, 3.8) is 0 Å². The molecule has 6 heteroatoms. The van der Waals surface area contributed by atoms with E-state index < -0.39 is 0 Å². The number of halogens is 1. The number of aromatic nitrogens is 5. The highest BCUT2D eigenvalue weighted by Crippen LogP contribution is 2.14. The minimum atomic E-state index is 0.374. The van der Waals surface area contributed by atoms with E-state index in [0.717, 1.165) is 5.69 Å². The lowest BCUT2D eigenvalue weighted by Gasteiger charge is -1.97. The lowest BCUT2D eigenvalue weighted by atomic mass is 10.3. The topological polar surface area (TPSA) is 56.5 Å². The predicted molar refractivity (Wildman–Crippen MR) is 47.0 cm³/mol. The van der Waals surface area contributed by atoms with Crippen molar-refractivity contribution >= 4 is 11.6 Å². The lowest BCUT2D eigenvalue weighted by molar-refractivity contribution is 0.718. The van der Waals surface area contributed by atoms with Crippen LogP contribution in [0.2, 0.25) is 5.15 Å². The first-order valence-electron chi connectivity index (χ1n) is 3.61. The summed E-state index contributed by atoms with van der Waals surface area (Å²) < 4.78 is 1.62. The Hall–Kier alpha value is -1.49. The maximum atomic E-state index is 5.60. The third-order valence-corrected chi connectivity index (χ3v) is 1.81. The van der Waals surface area contributed by atoms with Gasteiger partial charge in [-0.2, -0.15) is 0 Å². The van der Waals surface area contributed by atoms with Crippen molar-refractivity contribution in [2.45, 2.75) is 0 Å². The van der Waals surface area contributed by atoms with Gasteiger partial charge in [0.05, 0.1) is 6.20 Å². The Labute approximate surface area is 79.4 Å². The van der Waals surface area contributed by atoms with E-state index in [4.69, 9.17) is 11.6 Å². The maximum Gasteiger partial charge on any atom is 0.151 e. The monoisotopic (exact) mass is 195 g/mol. The van der Waals surface area contributed by atoms with Gasteiger partial charge in [0.1, 0.15) is 11.4 Å². The normalized spacial score (nSPS) is 10.3. The highest BCUT2D eigenvalue weighted by molar-refractivity contribution is 6.29. The average Bonchev–Trinajstić information content (AvgIpc) is 2.53. The molecule has 0 aliphatic rings. The van der Waals surface area contributed by atoms with Crippen molar-refractivity contribution in [3.8, 4) is 11.4 Å². The minimum Gasteiger partial charge on any atom is -0.246 e. The summed E-state index contributed by atoms with van der Waals surface area (Å²) in [5, 5.41) is 15.5. The van der Waals surface area contributed by atoms with Crippen LogP contribution in [0.3, 0.4) is 0 Å². The summed E-state index contributed by atoms with van der Waals surface area (Å²) in [6.45, 7) is 0. The largest absolute Gasteiger partial charge is 0.246 e. The van der Waals surface area contributed by atoms with Gasteiger partial charge in [-0.3, -0.25) is 0 Å². The van der Waals surface area contributed by atoms with Gasteiger partial charge in [0.2, 0.25) is 0 Å². The van der Waals surface area contributed by atoms with Gasteiger partial charge < -0.3 is 0 Å². The molecule has 0 atom stereocenters. The molecule has 2 aromatic rings.